The van der Waals surface area contributed by atoms with Crippen molar-refractivity contribution < 1.29 is 9.53 Å². The maximum atomic E-state index is 11.6. The van der Waals surface area contributed by atoms with Gasteiger partial charge in [-0.2, -0.15) is 13.8 Å². The molecule has 0 bridgehead atoms. The molecule has 27 heavy (non-hydrogen) atoms. The van der Waals surface area contributed by atoms with Gasteiger partial charge in [-0.05, 0) is 30.2 Å². The van der Waals surface area contributed by atoms with Crippen LogP contribution >= 0.6 is 11.7 Å². The molecule has 0 aliphatic carbocycles. The van der Waals surface area contributed by atoms with Crippen molar-refractivity contribution in [3.8, 4) is 0 Å². The Kier molecular flexibility index (Phi) is 5.42. The summed E-state index contributed by atoms with van der Waals surface area (Å²) >= 11 is 1.25. The molecule has 1 aliphatic rings. The summed E-state index contributed by atoms with van der Waals surface area (Å²) in [5.74, 6) is -0.130. The lowest BCUT2D eigenvalue weighted by Gasteiger charge is -2.19. The van der Waals surface area contributed by atoms with Crippen LogP contribution in [0.3, 0.4) is 0 Å². The lowest BCUT2D eigenvalue weighted by Crippen LogP contribution is -2.26. The van der Waals surface area contributed by atoms with E-state index in [2.05, 4.69) is 46.9 Å². The molecule has 0 atom stereocenters. The van der Waals surface area contributed by atoms with E-state index in [4.69, 9.17) is 4.74 Å². The number of rotatable bonds is 6. The molecule has 1 amide bonds. The van der Waals surface area contributed by atoms with Crippen LogP contribution in [0.1, 0.15) is 23.4 Å². The van der Waals surface area contributed by atoms with E-state index in [0.717, 1.165) is 49.3 Å². The predicted octanol–water partition coefficient (Wildman–Crippen LogP) is 1.56. The molecule has 0 unspecified atom stereocenters. The van der Waals surface area contributed by atoms with Gasteiger partial charge in [0.25, 0.3) is 0 Å². The molecule has 4 rings (SSSR count). The highest BCUT2D eigenvalue weighted by Crippen LogP contribution is 2.19. The van der Waals surface area contributed by atoms with E-state index in [1.165, 1.54) is 30.1 Å². The summed E-state index contributed by atoms with van der Waals surface area (Å²) < 4.78 is 15.5. The highest BCUT2D eigenvalue weighted by Gasteiger charge is 2.17. The Morgan fingerprint density at radius 3 is 3.04 bits per heavy atom. The van der Waals surface area contributed by atoms with Gasteiger partial charge in [0.15, 0.2) is 0 Å². The van der Waals surface area contributed by atoms with Gasteiger partial charge >= 0.3 is 0 Å². The lowest BCUT2D eigenvalue weighted by molar-refractivity contribution is -0.124. The molecule has 0 saturated carbocycles. The molecule has 1 aliphatic heterocycles. The standard InChI is InChI=1S/C18H22N6O2S/c1-26-12-18(25)19-9-14-8-15-11-23(5-2-6-24(15)20-14)10-13-3-4-16-17(7-13)22-27-21-16/h3-4,7-8H,2,5-6,9-12H2,1H3,(H,19,25). The highest BCUT2D eigenvalue weighted by atomic mass is 32.1. The molecule has 0 saturated heterocycles. The Labute approximate surface area is 161 Å². The van der Waals surface area contributed by atoms with Gasteiger partial charge in [-0.25, -0.2) is 0 Å². The van der Waals surface area contributed by atoms with Gasteiger partial charge in [-0.1, -0.05) is 6.07 Å². The van der Waals surface area contributed by atoms with Crippen LogP contribution in [0, 0.1) is 0 Å². The molecule has 9 heteroatoms. The molecular weight excluding hydrogens is 364 g/mol. The van der Waals surface area contributed by atoms with Crippen LogP contribution in [0.2, 0.25) is 0 Å². The average molecular weight is 386 g/mol. The number of aromatic nitrogens is 4. The summed E-state index contributed by atoms with van der Waals surface area (Å²) in [5.41, 5.74) is 5.23. The molecule has 142 valence electrons. The smallest absolute Gasteiger partial charge is 0.246 e. The molecule has 3 heterocycles. The zero-order valence-corrected chi connectivity index (χ0v) is 16.0. The normalized spacial score (nSPS) is 14.9. The molecular formula is C18H22N6O2S. The predicted molar refractivity (Wildman–Crippen MR) is 102 cm³/mol. The van der Waals surface area contributed by atoms with Gasteiger partial charge < -0.3 is 10.1 Å². The van der Waals surface area contributed by atoms with Crippen molar-refractivity contribution in [1.29, 1.82) is 0 Å². The fraction of sp³-hybridized carbons (Fsp3) is 0.444. The third kappa shape index (κ3) is 4.32. The van der Waals surface area contributed by atoms with Gasteiger partial charge in [0.1, 0.15) is 17.6 Å². The highest BCUT2D eigenvalue weighted by molar-refractivity contribution is 7.00. The number of methoxy groups -OCH3 is 1. The Balaban J connectivity index is 1.42. The van der Waals surface area contributed by atoms with Crippen LogP contribution in [-0.2, 0) is 35.7 Å². The van der Waals surface area contributed by atoms with E-state index in [1.54, 1.807) is 0 Å². The Bertz CT molecular complexity index is 937. The van der Waals surface area contributed by atoms with Gasteiger partial charge in [0, 0.05) is 33.3 Å². The van der Waals surface area contributed by atoms with Crippen LogP contribution < -0.4 is 5.32 Å². The summed E-state index contributed by atoms with van der Waals surface area (Å²) in [7, 11) is 1.51. The van der Waals surface area contributed by atoms with Gasteiger partial charge in [-0.15, -0.1) is 0 Å². The zero-order chi connectivity index (χ0) is 18.6. The number of nitrogens with zero attached hydrogens (tertiary/aromatic N) is 5. The number of hydrogen-bond acceptors (Lipinski definition) is 7. The Morgan fingerprint density at radius 1 is 1.26 bits per heavy atom. The molecule has 0 spiro atoms. The van der Waals surface area contributed by atoms with Gasteiger partial charge in [0.05, 0.1) is 29.7 Å². The summed E-state index contributed by atoms with van der Waals surface area (Å²) in [4.78, 5) is 14.0. The Hall–Kier alpha value is -2.36. The summed E-state index contributed by atoms with van der Waals surface area (Å²) in [6.07, 6.45) is 1.05. The van der Waals surface area contributed by atoms with Crippen LogP contribution in [-0.4, -0.2) is 49.6 Å². The zero-order valence-electron chi connectivity index (χ0n) is 15.2. The van der Waals surface area contributed by atoms with Gasteiger partial charge in [-0.3, -0.25) is 14.4 Å². The second kappa shape index (κ2) is 8.12. The van der Waals surface area contributed by atoms with Crippen LogP contribution in [0.5, 0.6) is 0 Å². The first-order valence-electron chi connectivity index (χ1n) is 8.96. The van der Waals surface area contributed by atoms with E-state index in [0.29, 0.717) is 6.54 Å². The van der Waals surface area contributed by atoms with Crippen LogP contribution in [0.4, 0.5) is 0 Å². The summed E-state index contributed by atoms with van der Waals surface area (Å²) in [6.45, 7) is 4.13. The first-order chi connectivity index (χ1) is 13.2. The number of ether oxygens (including phenoxy) is 1. The third-order valence-corrected chi connectivity index (χ3v) is 5.17. The number of carbonyl (C=O) groups excluding carboxylic acids is 1. The van der Waals surface area contributed by atoms with Crippen molar-refractivity contribution in [2.75, 3.05) is 20.3 Å². The minimum Gasteiger partial charge on any atom is -0.375 e. The number of amides is 1. The first-order valence-corrected chi connectivity index (χ1v) is 9.69. The van der Waals surface area contributed by atoms with E-state index in [1.807, 2.05) is 6.07 Å². The van der Waals surface area contributed by atoms with E-state index >= 15 is 0 Å². The molecule has 0 radical (unpaired) electrons. The topological polar surface area (TPSA) is 85.2 Å². The fourth-order valence-electron chi connectivity index (χ4n) is 3.36. The van der Waals surface area contributed by atoms with Crippen molar-refractivity contribution >= 4 is 28.7 Å². The van der Waals surface area contributed by atoms with Crippen LogP contribution in [0.15, 0.2) is 24.3 Å². The number of fused-ring (bicyclic) bond motifs is 2. The van der Waals surface area contributed by atoms with Crippen LogP contribution in [0.25, 0.3) is 11.0 Å². The van der Waals surface area contributed by atoms with Crippen molar-refractivity contribution in [1.82, 2.24) is 28.7 Å². The molecule has 1 aromatic carbocycles. The third-order valence-electron chi connectivity index (χ3n) is 4.61. The maximum Gasteiger partial charge on any atom is 0.246 e. The second-order valence-corrected chi connectivity index (χ2v) is 7.24. The molecule has 2 aromatic heterocycles. The largest absolute Gasteiger partial charge is 0.375 e. The first kappa shape index (κ1) is 18.0. The van der Waals surface area contributed by atoms with Gasteiger partial charge in [0.2, 0.25) is 5.91 Å². The lowest BCUT2D eigenvalue weighted by atomic mass is 10.2. The fourth-order valence-corrected chi connectivity index (χ4v) is 3.88. The van der Waals surface area contributed by atoms with E-state index in [-0.39, 0.29) is 12.5 Å². The minimum atomic E-state index is -0.130. The van der Waals surface area contributed by atoms with E-state index < -0.39 is 0 Å². The van der Waals surface area contributed by atoms with Crippen molar-refractivity contribution in [2.24, 2.45) is 0 Å². The molecule has 8 nitrogen and oxygen atoms in total. The molecule has 0 fully saturated rings. The summed E-state index contributed by atoms with van der Waals surface area (Å²) in [5, 5.41) is 7.46. The van der Waals surface area contributed by atoms with E-state index in [9.17, 15) is 4.79 Å². The quantitative estimate of drug-likeness (QED) is 0.692. The maximum absolute atomic E-state index is 11.6. The summed E-state index contributed by atoms with van der Waals surface area (Å²) in [6, 6.07) is 8.37. The number of nitrogens with one attached hydrogen (secondary N) is 1. The average Bonchev–Trinajstić information content (AvgIpc) is 3.22. The number of carbonyl (C=O) groups is 1. The van der Waals surface area contributed by atoms with Crippen molar-refractivity contribution in [3.05, 3.63) is 41.2 Å². The Morgan fingerprint density at radius 2 is 2.15 bits per heavy atom. The SMILES string of the molecule is COCC(=O)NCc1cc2n(n1)CCCN(Cc1ccc3nsnc3c1)C2. The minimum absolute atomic E-state index is 0.0696. The number of hydrogen-bond donors (Lipinski definition) is 1. The van der Waals surface area contributed by atoms with Crippen molar-refractivity contribution in [2.45, 2.75) is 32.6 Å². The second-order valence-electron chi connectivity index (χ2n) is 6.71. The monoisotopic (exact) mass is 386 g/mol. The molecule has 1 N–H and O–H groups in total. The number of benzene rings is 1. The molecule has 3 aromatic rings. The number of aryl methyl sites for hydroxylation is 1. The van der Waals surface area contributed by atoms with Crippen molar-refractivity contribution in [3.63, 3.8) is 0 Å².